The van der Waals surface area contributed by atoms with Crippen LogP contribution in [-0.2, 0) is 12.8 Å². The smallest absolute Gasteiger partial charge is 0.0205 e. The van der Waals surface area contributed by atoms with Crippen LogP contribution in [0.5, 0.6) is 0 Å². The molecule has 0 amide bonds. The summed E-state index contributed by atoms with van der Waals surface area (Å²) in [6.07, 6.45) is 136. The Bertz CT molecular complexity index is 1750. The van der Waals surface area contributed by atoms with Crippen LogP contribution in [-0.4, -0.2) is 0 Å². The number of allylic oxidation sites excluding steroid dienone is 4. The van der Waals surface area contributed by atoms with E-state index < -0.39 is 0 Å². The molecule has 0 spiro atoms. The Labute approximate surface area is 754 Å². The summed E-state index contributed by atoms with van der Waals surface area (Å²) in [4.78, 5) is 0. The predicted octanol–water partition coefficient (Wildman–Crippen LogP) is 45.1. The highest BCUT2D eigenvalue weighted by Gasteiger charge is 2.22. The number of unbranched alkanes of at least 4 members (excludes halogenated alkanes) is 65. The molecule has 0 heterocycles. The fourth-order valence-corrected chi connectivity index (χ4v) is 17.7. The van der Waals surface area contributed by atoms with Gasteiger partial charge in [-0.2, -0.15) is 0 Å². The molecule has 0 heteroatoms. The quantitative estimate of drug-likeness (QED) is 0.0450. The van der Waals surface area contributed by atoms with Gasteiger partial charge in [0.25, 0.3) is 0 Å². The van der Waals surface area contributed by atoms with E-state index in [1.807, 2.05) is 0 Å². The molecule has 0 nitrogen and oxygen atoms in total. The topological polar surface area (TPSA) is 0 Å². The van der Waals surface area contributed by atoms with E-state index in [1.165, 1.54) is 565 Å². The Kier molecular flexibility index (Phi) is 127. The Balaban J connectivity index is -0.000000463. The molecule has 0 aromatic heterocycles. The first-order valence-corrected chi connectivity index (χ1v) is 56.6. The summed E-state index contributed by atoms with van der Waals surface area (Å²) < 4.78 is 0. The van der Waals surface area contributed by atoms with Crippen LogP contribution in [0.1, 0.15) is 674 Å². The van der Waals surface area contributed by atoms with Gasteiger partial charge < -0.3 is 0 Å². The van der Waals surface area contributed by atoms with E-state index in [9.17, 15) is 0 Å². The molecule has 118 heavy (non-hydrogen) atoms. The van der Waals surface area contributed by atoms with Crippen molar-refractivity contribution in [1.29, 1.82) is 0 Å². The fourth-order valence-electron chi connectivity index (χ4n) is 17.7. The molecule has 0 saturated heterocycles. The number of rotatable bonds is 84. The van der Waals surface area contributed by atoms with Crippen molar-refractivity contribution < 1.29 is 0 Å². The Morgan fingerprint density at radius 2 is 0.432 bits per heavy atom. The molecule has 4 atom stereocenters. The maximum Gasteiger partial charge on any atom is -0.0205 e. The molecule has 708 valence electrons. The summed E-state index contributed by atoms with van der Waals surface area (Å²) in [5.74, 6) is 3.89. The monoisotopic (exact) mass is 1650 g/mol. The van der Waals surface area contributed by atoms with Crippen LogP contribution < -0.4 is 0 Å². The summed E-state index contributed by atoms with van der Waals surface area (Å²) in [7, 11) is 0. The second kappa shape index (κ2) is 120. The summed E-state index contributed by atoms with van der Waals surface area (Å²) >= 11 is 0. The maximum atomic E-state index is 2.58. The van der Waals surface area contributed by atoms with Crippen molar-refractivity contribution in [2.24, 2.45) is 23.7 Å². The highest BCUT2D eigenvalue weighted by molar-refractivity contribution is 5.27. The van der Waals surface area contributed by atoms with E-state index in [2.05, 4.69) is 159 Å². The van der Waals surface area contributed by atoms with E-state index in [-0.39, 0.29) is 0 Å². The van der Waals surface area contributed by atoms with Gasteiger partial charge >= 0.3 is 0 Å². The van der Waals surface area contributed by atoms with Gasteiger partial charge in [0.15, 0.2) is 0 Å². The molecule has 1 aliphatic rings. The average molecular weight is 1660 g/mol. The highest BCUT2D eigenvalue weighted by Crippen LogP contribution is 2.35. The van der Waals surface area contributed by atoms with Gasteiger partial charge in [-0.3, -0.25) is 0 Å². The highest BCUT2D eigenvalue weighted by atomic mass is 14.3. The third-order valence-electron chi connectivity index (χ3n) is 26.1. The van der Waals surface area contributed by atoms with Crippen LogP contribution in [0.2, 0.25) is 0 Å². The fraction of sp³-hybridized carbons (Fsp3) is 0.915. The lowest BCUT2D eigenvalue weighted by molar-refractivity contribution is 0.243. The summed E-state index contributed by atoms with van der Waals surface area (Å²) in [6.45, 7) is 36.5. The molecule has 1 aromatic carbocycles. The Morgan fingerprint density at radius 1 is 0.220 bits per heavy atom. The van der Waals surface area contributed by atoms with Crippen LogP contribution in [0.25, 0.3) is 0 Å². The molecule has 1 aliphatic carbocycles. The molecule has 4 unspecified atom stereocenters. The predicted molar refractivity (Wildman–Crippen MR) is 554 cm³/mol. The van der Waals surface area contributed by atoms with Crippen LogP contribution in [0.15, 0.2) is 48.6 Å². The largest absolute Gasteiger partial charge is 0.0885 e. The lowest BCUT2D eigenvalue weighted by Crippen LogP contribution is -2.16. The molecular weight excluding hydrogens is 1420 g/mol. The molecule has 0 bridgehead atoms. The number of aryl methyl sites for hydroxylation is 2. The van der Waals surface area contributed by atoms with Gasteiger partial charge in [0.1, 0.15) is 0 Å². The first-order valence-electron chi connectivity index (χ1n) is 56.6. The number of hydrogen-bond donors (Lipinski definition) is 0. The van der Waals surface area contributed by atoms with Crippen molar-refractivity contribution >= 4 is 0 Å². The standard InChI is InChI=1S/C38H76.C24H46.C24H42.2C9H20.2C7H16/c1-5-9-13-17-21-23-27-31-35-37(33-29-25-19-15-11-7-3)38(34-30-26-20-16-12-8-4)36-32-28-24-22-18-14-10-6-2;2*1-3-5-7-9-11-13-15-19-23-21-17-18-22-24(23)20-16-14-12-10-8-6-4-2;2*1-3-5-7-9-8-6-4-2;2*1-3-5-7-6-4-2/h19,25,37-38H,5-18,20-24,26-36H2,1-4H3;17,21,23-24H,3-16,18-20,22H2,1-2H3;17-18,21-22H,3-16,19-20H2,1-2H3;2*3-9H2,1-2H3;2*3-7H2,1-2H3/b25-19+;;;;;;. The molecule has 0 fully saturated rings. The molecule has 0 N–H and O–H groups in total. The summed E-state index contributed by atoms with van der Waals surface area (Å²) in [5, 5.41) is 0. The third-order valence-corrected chi connectivity index (χ3v) is 26.1. The van der Waals surface area contributed by atoms with Crippen molar-refractivity contribution in [2.75, 3.05) is 0 Å². The molecule has 2 rings (SSSR count). The number of benzene rings is 1. The molecule has 0 radical (unpaired) electrons. The van der Waals surface area contributed by atoms with Gasteiger partial charge in [0, 0.05) is 0 Å². The zero-order valence-corrected chi connectivity index (χ0v) is 86.2. The SMILES string of the molecule is CCCC/C=C/CCC(CCCCCCCCCC)C(CCCCCCCC)CCCCCCCCCC.CCCCCCC.CCCCCCC.CCCCCCCCC.CCCCCCCCC.CCCCCCCCCC1C=CCCC1CCCCCCCCC.CCCCCCCCCc1ccccc1CCCCCCCCC. The second-order valence-electron chi connectivity index (χ2n) is 38.2. The lowest BCUT2D eigenvalue weighted by Gasteiger charge is -2.28. The van der Waals surface area contributed by atoms with Crippen LogP contribution >= 0.6 is 0 Å². The van der Waals surface area contributed by atoms with Gasteiger partial charge in [0.05, 0.1) is 0 Å². The first-order chi connectivity index (χ1) is 58.2. The van der Waals surface area contributed by atoms with Gasteiger partial charge in [-0.15, -0.1) is 0 Å². The van der Waals surface area contributed by atoms with E-state index in [1.54, 1.807) is 11.1 Å². The molecule has 0 aliphatic heterocycles. The minimum absolute atomic E-state index is 0.912. The van der Waals surface area contributed by atoms with Crippen molar-refractivity contribution in [3.63, 3.8) is 0 Å². The molecule has 0 saturated carbocycles. The van der Waals surface area contributed by atoms with Crippen molar-refractivity contribution in [3.8, 4) is 0 Å². The average Bonchev–Trinajstić information content (AvgIpc) is 0.903. The van der Waals surface area contributed by atoms with Gasteiger partial charge in [-0.25, -0.2) is 0 Å². The lowest BCUT2D eigenvalue weighted by atomic mass is 9.78. The van der Waals surface area contributed by atoms with Gasteiger partial charge in [0.2, 0.25) is 0 Å². The van der Waals surface area contributed by atoms with Crippen molar-refractivity contribution in [1.82, 2.24) is 0 Å². The molecular formula is C118H236. The maximum absolute atomic E-state index is 2.58. The second-order valence-corrected chi connectivity index (χ2v) is 38.2. The van der Waals surface area contributed by atoms with Crippen molar-refractivity contribution in [3.05, 3.63) is 59.7 Å². The Morgan fingerprint density at radius 3 is 0.703 bits per heavy atom. The minimum atomic E-state index is 0.912. The minimum Gasteiger partial charge on any atom is -0.0885 e. The summed E-state index contributed by atoms with van der Waals surface area (Å²) in [6, 6.07) is 9.19. The van der Waals surface area contributed by atoms with E-state index in [0.29, 0.717) is 0 Å². The Hall–Kier alpha value is -1.30. The van der Waals surface area contributed by atoms with Crippen LogP contribution in [0.4, 0.5) is 0 Å². The van der Waals surface area contributed by atoms with Gasteiger partial charge in [-0.1, -0.05) is 654 Å². The summed E-state index contributed by atoms with van der Waals surface area (Å²) in [5.41, 5.74) is 3.24. The van der Waals surface area contributed by atoms with Crippen LogP contribution in [0, 0.1) is 23.7 Å². The van der Waals surface area contributed by atoms with Gasteiger partial charge in [-0.05, 0) is 105 Å². The zero-order chi connectivity index (χ0) is 87.3. The van der Waals surface area contributed by atoms with Crippen molar-refractivity contribution in [2.45, 2.75) is 676 Å². The number of hydrogen-bond acceptors (Lipinski definition) is 0. The van der Waals surface area contributed by atoms with Crippen LogP contribution in [0.3, 0.4) is 0 Å². The third kappa shape index (κ3) is 109. The molecule has 1 aromatic rings. The van der Waals surface area contributed by atoms with E-state index in [4.69, 9.17) is 0 Å². The first kappa shape index (κ1) is 125. The van der Waals surface area contributed by atoms with E-state index >= 15 is 0 Å². The normalized spacial score (nSPS) is 13.4. The van der Waals surface area contributed by atoms with E-state index in [0.717, 1.165) is 23.7 Å². The zero-order valence-electron chi connectivity index (χ0n) is 86.2.